The van der Waals surface area contributed by atoms with E-state index in [1.807, 2.05) is 13.8 Å². The molecule has 0 unspecified atom stereocenters. The minimum Gasteiger partial charge on any atom is -0.483 e. The first-order chi connectivity index (χ1) is 14.1. The van der Waals surface area contributed by atoms with Crippen LogP contribution in [0.1, 0.15) is 25.0 Å². The van der Waals surface area contributed by atoms with Crippen LogP contribution >= 0.6 is 0 Å². The molecule has 0 bridgehead atoms. The normalized spacial score (nSPS) is 20.3. The van der Waals surface area contributed by atoms with Crippen molar-refractivity contribution in [2.24, 2.45) is 0 Å². The predicted octanol–water partition coefficient (Wildman–Crippen LogP) is 4.34. The van der Waals surface area contributed by atoms with Crippen LogP contribution in [0.5, 0.6) is 5.75 Å². The molecule has 2 atom stereocenters. The highest BCUT2D eigenvalue weighted by molar-refractivity contribution is 5.78. The van der Waals surface area contributed by atoms with Gasteiger partial charge in [0.1, 0.15) is 11.6 Å². The second-order valence-electron chi connectivity index (χ2n) is 7.58. The second kappa shape index (κ2) is 9.04. The standard InChI is InChI=1S/C22H24F4N2O2/c1-15-12-28(16(2)11-27(15)13-17-7-9-18(23)10-8-17)21(29)14-30-20-6-4-3-5-19(20)22(24,25)26/h3-10,15-16H,11-14H2,1-2H3/t15-,16+/m1/s1. The average molecular weight is 424 g/mol. The van der Waals surface area contributed by atoms with Gasteiger partial charge in [-0.2, -0.15) is 13.2 Å². The summed E-state index contributed by atoms with van der Waals surface area (Å²) in [7, 11) is 0. The van der Waals surface area contributed by atoms with Crippen LogP contribution in [0.25, 0.3) is 0 Å². The minimum atomic E-state index is -4.55. The summed E-state index contributed by atoms with van der Waals surface area (Å²) >= 11 is 0. The number of benzene rings is 2. The topological polar surface area (TPSA) is 32.8 Å². The molecular weight excluding hydrogens is 400 g/mol. The van der Waals surface area contributed by atoms with E-state index in [-0.39, 0.29) is 29.6 Å². The van der Waals surface area contributed by atoms with E-state index >= 15 is 0 Å². The van der Waals surface area contributed by atoms with E-state index in [0.29, 0.717) is 19.6 Å². The fourth-order valence-corrected chi connectivity index (χ4v) is 3.64. The highest BCUT2D eigenvalue weighted by atomic mass is 19.4. The number of nitrogens with zero attached hydrogens (tertiary/aromatic N) is 2. The maximum atomic E-state index is 13.1. The van der Waals surface area contributed by atoms with Crippen molar-refractivity contribution < 1.29 is 27.1 Å². The van der Waals surface area contributed by atoms with Gasteiger partial charge in [-0.1, -0.05) is 24.3 Å². The van der Waals surface area contributed by atoms with E-state index in [1.54, 1.807) is 17.0 Å². The van der Waals surface area contributed by atoms with E-state index in [4.69, 9.17) is 4.74 Å². The number of amides is 1. The summed E-state index contributed by atoms with van der Waals surface area (Å²) in [6.45, 7) is 5.08. The van der Waals surface area contributed by atoms with Gasteiger partial charge < -0.3 is 9.64 Å². The lowest BCUT2D eigenvalue weighted by atomic mass is 10.1. The molecule has 0 saturated carbocycles. The fraction of sp³-hybridized carbons (Fsp3) is 0.409. The maximum absolute atomic E-state index is 13.1. The van der Waals surface area contributed by atoms with Gasteiger partial charge in [0, 0.05) is 31.7 Å². The fourth-order valence-electron chi connectivity index (χ4n) is 3.64. The number of alkyl halides is 3. The Hall–Kier alpha value is -2.61. The van der Waals surface area contributed by atoms with E-state index in [1.165, 1.54) is 30.3 Å². The van der Waals surface area contributed by atoms with Gasteiger partial charge in [0.2, 0.25) is 0 Å². The summed E-state index contributed by atoms with van der Waals surface area (Å²) in [5.41, 5.74) is 0.0747. The molecule has 162 valence electrons. The van der Waals surface area contributed by atoms with Crippen LogP contribution in [0.15, 0.2) is 48.5 Å². The molecule has 1 amide bonds. The van der Waals surface area contributed by atoms with Crippen LogP contribution in [0, 0.1) is 5.82 Å². The highest BCUT2D eigenvalue weighted by Gasteiger charge is 2.35. The van der Waals surface area contributed by atoms with E-state index < -0.39 is 18.3 Å². The molecule has 0 radical (unpaired) electrons. The van der Waals surface area contributed by atoms with Crippen LogP contribution in [-0.2, 0) is 17.5 Å². The first-order valence-electron chi connectivity index (χ1n) is 9.72. The molecule has 0 aliphatic carbocycles. The number of halogens is 4. The largest absolute Gasteiger partial charge is 0.483 e. The summed E-state index contributed by atoms with van der Waals surface area (Å²) in [5, 5.41) is 0. The zero-order chi connectivity index (χ0) is 21.9. The number of piperazine rings is 1. The summed E-state index contributed by atoms with van der Waals surface area (Å²) < 4.78 is 57.6. The Morgan fingerprint density at radius 1 is 1.03 bits per heavy atom. The van der Waals surface area contributed by atoms with Gasteiger partial charge in [0.05, 0.1) is 5.56 Å². The van der Waals surface area contributed by atoms with Crippen molar-refractivity contribution in [3.8, 4) is 5.75 Å². The van der Waals surface area contributed by atoms with Gasteiger partial charge in [-0.3, -0.25) is 9.69 Å². The molecule has 30 heavy (non-hydrogen) atoms. The third-order valence-electron chi connectivity index (χ3n) is 5.28. The van der Waals surface area contributed by atoms with Crippen molar-refractivity contribution in [1.82, 2.24) is 9.80 Å². The first kappa shape index (κ1) is 22.1. The Kier molecular flexibility index (Phi) is 6.65. The van der Waals surface area contributed by atoms with Gasteiger partial charge in [0.15, 0.2) is 6.61 Å². The molecule has 1 aliphatic rings. The van der Waals surface area contributed by atoms with Crippen molar-refractivity contribution in [3.05, 3.63) is 65.5 Å². The Labute approximate surface area is 173 Å². The smallest absolute Gasteiger partial charge is 0.419 e. The summed E-state index contributed by atoms with van der Waals surface area (Å²) in [6.07, 6.45) is -4.55. The average Bonchev–Trinajstić information content (AvgIpc) is 2.70. The first-order valence-corrected chi connectivity index (χ1v) is 9.72. The van der Waals surface area contributed by atoms with Gasteiger partial charge >= 0.3 is 6.18 Å². The van der Waals surface area contributed by atoms with Crippen molar-refractivity contribution >= 4 is 5.91 Å². The number of rotatable bonds is 5. The van der Waals surface area contributed by atoms with Gasteiger partial charge in [0.25, 0.3) is 5.91 Å². The molecule has 4 nitrogen and oxygen atoms in total. The molecule has 1 heterocycles. The lowest BCUT2D eigenvalue weighted by Crippen LogP contribution is -2.58. The van der Waals surface area contributed by atoms with Crippen LogP contribution in [-0.4, -0.2) is 47.5 Å². The molecule has 0 spiro atoms. The van der Waals surface area contributed by atoms with E-state index in [9.17, 15) is 22.4 Å². The van der Waals surface area contributed by atoms with Gasteiger partial charge in [-0.15, -0.1) is 0 Å². The maximum Gasteiger partial charge on any atom is 0.419 e. The second-order valence-corrected chi connectivity index (χ2v) is 7.58. The van der Waals surface area contributed by atoms with Crippen molar-refractivity contribution in [2.45, 2.75) is 38.7 Å². The number of carbonyl (C=O) groups is 1. The summed E-state index contributed by atoms with van der Waals surface area (Å²) in [5.74, 6) is -0.996. The molecule has 0 aromatic heterocycles. The summed E-state index contributed by atoms with van der Waals surface area (Å²) in [4.78, 5) is 16.5. The zero-order valence-corrected chi connectivity index (χ0v) is 16.8. The molecule has 8 heteroatoms. The molecule has 1 saturated heterocycles. The Balaban J connectivity index is 1.60. The van der Waals surface area contributed by atoms with E-state index in [2.05, 4.69) is 4.90 Å². The SMILES string of the molecule is C[C@@H]1CN(C(=O)COc2ccccc2C(F)(F)F)[C@@H](C)CN1Cc1ccc(F)cc1. The van der Waals surface area contributed by atoms with Crippen LogP contribution < -0.4 is 4.74 Å². The minimum absolute atomic E-state index is 0.0395. The molecular formula is C22H24F4N2O2. The molecule has 1 aliphatic heterocycles. The lowest BCUT2D eigenvalue weighted by molar-refractivity contribution is -0.143. The third-order valence-corrected chi connectivity index (χ3v) is 5.28. The Morgan fingerprint density at radius 2 is 1.70 bits per heavy atom. The molecule has 1 fully saturated rings. The van der Waals surface area contributed by atoms with Crippen LogP contribution in [0.2, 0.25) is 0 Å². The molecule has 0 N–H and O–H groups in total. The lowest BCUT2D eigenvalue weighted by Gasteiger charge is -2.44. The Bertz CT molecular complexity index is 870. The number of hydrogen-bond donors (Lipinski definition) is 0. The Morgan fingerprint density at radius 3 is 2.37 bits per heavy atom. The van der Waals surface area contributed by atoms with Crippen molar-refractivity contribution in [2.75, 3.05) is 19.7 Å². The van der Waals surface area contributed by atoms with Crippen LogP contribution in [0.3, 0.4) is 0 Å². The number of para-hydroxylation sites is 1. The van der Waals surface area contributed by atoms with E-state index in [0.717, 1.165) is 11.6 Å². The number of carbonyl (C=O) groups excluding carboxylic acids is 1. The number of hydrogen-bond acceptors (Lipinski definition) is 3. The highest BCUT2D eigenvalue weighted by Crippen LogP contribution is 2.35. The third kappa shape index (κ3) is 5.30. The van der Waals surface area contributed by atoms with Crippen molar-refractivity contribution in [3.63, 3.8) is 0 Å². The molecule has 2 aromatic carbocycles. The van der Waals surface area contributed by atoms with Crippen LogP contribution in [0.4, 0.5) is 17.6 Å². The monoisotopic (exact) mass is 424 g/mol. The van der Waals surface area contributed by atoms with Gasteiger partial charge in [-0.25, -0.2) is 4.39 Å². The molecule has 2 aromatic rings. The molecule has 3 rings (SSSR count). The quantitative estimate of drug-likeness (QED) is 0.670. The van der Waals surface area contributed by atoms with Gasteiger partial charge in [-0.05, 0) is 43.7 Å². The predicted molar refractivity (Wildman–Crippen MR) is 104 cm³/mol. The zero-order valence-electron chi connectivity index (χ0n) is 16.8. The number of ether oxygens (including phenoxy) is 1. The summed E-state index contributed by atoms with van der Waals surface area (Å²) in [6, 6.07) is 11.1. The van der Waals surface area contributed by atoms with Crippen molar-refractivity contribution in [1.29, 1.82) is 0 Å².